The van der Waals surface area contributed by atoms with Crippen molar-refractivity contribution in [3.63, 3.8) is 0 Å². The average Bonchev–Trinajstić information content (AvgIpc) is 2.75. The maximum atomic E-state index is 12.8. The van der Waals surface area contributed by atoms with Gasteiger partial charge in [-0.05, 0) is 57.4 Å². The molecule has 0 aromatic heterocycles. The standard InChI is InChI=1S/C23H32N4O4/c1-26(2)11-7-10-24-23(29)20-14-17(8-9-21(20)27(3)4)25-22(28)16-12-18(30-5)15-19(13-16)31-6/h8-9,12-15H,7,10-11H2,1-6H3,(H,24,29)(H,25,28). The first-order valence-electron chi connectivity index (χ1n) is 10.0. The number of amides is 2. The van der Waals surface area contributed by atoms with Crippen molar-refractivity contribution in [1.82, 2.24) is 10.2 Å². The number of hydrogen-bond donors (Lipinski definition) is 2. The number of rotatable bonds is 10. The second kappa shape index (κ2) is 11.2. The second-order valence-corrected chi connectivity index (χ2v) is 7.59. The van der Waals surface area contributed by atoms with Crippen molar-refractivity contribution in [3.8, 4) is 11.5 Å². The Labute approximate surface area is 184 Å². The number of methoxy groups -OCH3 is 2. The van der Waals surface area contributed by atoms with Gasteiger partial charge in [-0.25, -0.2) is 0 Å². The molecule has 0 aliphatic carbocycles. The molecule has 0 saturated heterocycles. The number of anilines is 2. The van der Waals surface area contributed by atoms with Gasteiger partial charge in [-0.3, -0.25) is 9.59 Å². The lowest BCUT2D eigenvalue weighted by Crippen LogP contribution is -2.28. The van der Waals surface area contributed by atoms with E-state index < -0.39 is 0 Å². The zero-order chi connectivity index (χ0) is 23.0. The summed E-state index contributed by atoms with van der Waals surface area (Å²) in [7, 11) is 10.8. The van der Waals surface area contributed by atoms with Crippen molar-refractivity contribution in [2.45, 2.75) is 6.42 Å². The number of nitrogens with one attached hydrogen (secondary N) is 2. The zero-order valence-electron chi connectivity index (χ0n) is 19.1. The van der Waals surface area contributed by atoms with Crippen molar-refractivity contribution in [2.24, 2.45) is 0 Å². The van der Waals surface area contributed by atoms with Gasteiger partial charge in [0, 0.05) is 43.6 Å². The first-order valence-corrected chi connectivity index (χ1v) is 10.0. The Bertz CT molecular complexity index is 890. The molecule has 0 heterocycles. The molecule has 0 unspecified atom stereocenters. The summed E-state index contributed by atoms with van der Waals surface area (Å²) in [5.74, 6) is 0.532. The molecule has 0 radical (unpaired) electrons. The number of hydrogen-bond acceptors (Lipinski definition) is 6. The Balaban J connectivity index is 2.21. The zero-order valence-corrected chi connectivity index (χ0v) is 19.1. The minimum absolute atomic E-state index is 0.179. The van der Waals surface area contributed by atoms with E-state index in [1.807, 2.05) is 39.2 Å². The van der Waals surface area contributed by atoms with E-state index in [9.17, 15) is 9.59 Å². The van der Waals surface area contributed by atoms with Crippen LogP contribution in [0.3, 0.4) is 0 Å². The van der Waals surface area contributed by atoms with Crippen molar-refractivity contribution in [3.05, 3.63) is 47.5 Å². The van der Waals surface area contributed by atoms with Gasteiger partial charge in [-0.1, -0.05) is 0 Å². The third-order valence-electron chi connectivity index (χ3n) is 4.66. The van der Waals surface area contributed by atoms with Gasteiger partial charge < -0.3 is 29.9 Å². The summed E-state index contributed by atoms with van der Waals surface area (Å²) in [5, 5.41) is 5.80. The van der Waals surface area contributed by atoms with Crippen LogP contribution in [0.2, 0.25) is 0 Å². The van der Waals surface area contributed by atoms with Gasteiger partial charge in [0.25, 0.3) is 11.8 Å². The molecule has 31 heavy (non-hydrogen) atoms. The average molecular weight is 429 g/mol. The number of ether oxygens (including phenoxy) is 2. The molecule has 0 bridgehead atoms. The lowest BCUT2D eigenvalue weighted by molar-refractivity contribution is 0.0951. The molecular formula is C23H32N4O4. The minimum Gasteiger partial charge on any atom is -0.497 e. The first-order chi connectivity index (χ1) is 14.7. The summed E-state index contributed by atoms with van der Waals surface area (Å²) in [4.78, 5) is 29.5. The molecular weight excluding hydrogens is 396 g/mol. The fourth-order valence-electron chi connectivity index (χ4n) is 3.02. The number of nitrogens with zero attached hydrogens (tertiary/aromatic N) is 2. The topological polar surface area (TPSA) is 83.1 Å². The summed E-state index contributed by atoms with van der Waals surface area (Å²) in [6.07, 6.45) is 0.851. The molecule has 2 aromatic carbocycles. The number of carbonyl (C=O) groups excluding carboxylic acids is 2. The summed E-state index contributed by atoms with van der Waals surface area (Å²) >= 11 is 0. The molecule has 8 nitrogen and oxygen atoms in total. The summed E-state index contributed by atoms with van der Waals surface area (Å²) < 4.78 is 10.5. The van der Waals surface area contributed by atoms with Crippen LogP contribution in [0.25, 0.3) is 0 Å². The van der Waals surface area contributed by atoms with Crippen LogP contribution in [0.5, 0.6) is 11.5 Å². The van der Waals surface area contributed by atoms with Crippen molar-refractivity contribution >= 4 is 23.2 Å². The predicted molar refractivity (Wildman–Crippen MR) is 124 cm³/mol. The maximum absolute atomic E-state index is 12.8. The lowest BCUT2D eigenvalue weighted by atomic mass is 10.1. The molecule has 0 saturated carbocycles. The molecule has 2 aromatic rings. The van der Waals surface area contributed by atoms with Crippen molar-refractivity contribution in [1.29, 1.82) is 0 Å². The van der Waals surface area contributed by atoms with Crippen LogP contribution < -0.4 is 25.0 Å². The van der Waals surface area contributed by atoms with Crippen LogP contribution in [0.4, 0.5) is 11.4 Å². The molecule has 8 heteroatoms. The van der Waals surface area contributed by atoms with Crippen molar-refractivity contribution in [2.75, 3.05) is 65.7 Å². The molecule has 168 valence electrons. The highest BCUT2D eigenvalue weighted by molar-refractivity contribution is 6.06. The van der Waals surface area contributed by atoms with Gasteiger partial charge in [0.15, 0.2) is 0 Å². The number of carbonyl (C=O) groups is 2. The fourth-order valence-corrected chi connectivity index (χ4v) is 3.02. The highest BCUT2D eigenvalue weighted by Gasteiger charge is 2.16. The minimum atomic E-state index is -0.327. The van der Waals surface area contributed by atoms with E-state index in [0.717, 1.165) is 18.7 Å². The Morgan fingerprint density at radius 1 is 0.903 bits per heavy atom. The maximum Gasteiger partial charge on any atom is 0.255 e. The van der Waals surface area contributed by atoms with E-state index >= 15 is 0 Å². The third-order valence-corrected chi connectivity index (χ3v) is 4.66. The fraction of sp³-hybridized carbons (Fsp3) is 0.391. The van der Waals surface area contributed by atoms with Crippen LogP contribution in [0.15, 0.2) is 36.4 Å². The monoisotopic (exact) mass is 428 g/mol. The molecule has 0 aliphatic rings. The molecule has 0 atom stereocenters. The van der Waals surface area contributed by atoms with Gasteiger partial charge in [-0.15, -0.1) is 0 Å². The summed E-state index contributed by atoms with van der Waals surface area (Å²) in [6, 6.07) is 10.2. The summed E-state index contributed by atoms with van der Waals surface area (Å²) in [6.45, 7) is 1.46. The Kier molecular flexibility index (Phi) is 8.69. The molecule has 0 aliphatic heterocycles. The van der Waals surface area contributed by atoms with Crippen LogP contribution in [0, 0.1) is 0 Å². The van der Waals surface area contributed by atoms with Gasteiger partial charge >= 0.3 is 0 Å². The molecule has 0 fully saturated rings. The van der Waals surface area contributed by atoms with Crippen LogP contribution in [-0.4, -0.2) is 72.2 Å². The lowest BCUT2D eigenvalue weighted by Gasteiger charge is -2.19. The van der Waals surface area contributed by atoms with E-state index in [-0.39, 0.29) is 11.8 Å². The van der Waals surface area contributed by atoms with E-state index in [4.69, 9.17) is 9.47 Å². The van der Waals surface area contributed by atoms with Crippen LogP contribution in [-0.2, 0) is 0 Å². The smallest absolute Gasteiger partial charge is 0.255 e. The van der Waals surface area contributed by atoms with Gasteiger partial charge in [0.05, 0.1) is 19.8 Å². The highest BCUT2D eigenvalue weighted by Crippen LogP contribution is 2.26. The first kappa shape index (κ1) is 24.0. The van der Waals surface area contributed by atoms with Crippen LogP contribution in [0.1, 0.15) is 27.1 Å². The molecule has 2 rings (SSSR count). The highest BCUT2D eigenvalue weighted by atomic mass is 16.5. The Morgan fingerprint density at radius 2 is 1.55 bits per heavy atom. The third kappa shape index (κ3) is 6.89. The normalized spacial score (nSPS) is 10.5. The van der Waals surface area contributed by atoms with Crippen molar-refractivity contribution < 1.29 is 19.1 Å². The van der Waals surface area contributed by atoms with Gasteiger partial charge in [0.1, 0.15) is 11.5 Å². The molecule has 2 N–H and O–H groups in total. The molecule has 2 amide bonds. The van der Waals surface area contributed by atoms with Gasteiger partial charge in [0.2, 0.25) is 0 Å². The number of benzene rings is 2. The van der Waals surface area contributed by atoms with E-state index in [1.165, 1.54) is 14.2 Å². The van der Waals surface area contributed by atoms with E-state index in [2.05, 4.69) is 15.5 Å². The quantitative estimate of drug-likeness (QED) is 0.566. The van der Waals surface area contributed by atoms with Gasteiger partial charge in [-0.2, -0.15) is 0 Å². The predicted octanol–water partition coefficient (Wildman–Crippen LogP) is 2.70. The second-order valence-electron chi connectivity index (χ2n) is 7.59. The van der Waals surface area contributed by atoms with Crippen LogP contribution >= 0.6 is 0 Å². The van der Waals surface area contributed by atoms with E-state index in [1.54, 1.807) is 30.3 Å². The largest absolute Gasteiger partial charge is 0.497 e. The van der Waals surface area contributed by atoms with E-state index in [0.29, 0.717) is 34.9 Å². The SMILES string of the molecule is COc1cc(OC)cc(C(=O)Nc2ccc(N(C)C)c(C(=O)NCCCN(C)C)c2)c1. The molecule has 0 spiro atoms. The Morgan fingerprint density at radius 3 is 2.10 bits per heavy atom. The summed E-state index contributed by atoms with van der Waals surface area (Å²) in [5.41, 5.74) is 2.18. The Hall–Kier alpha value is -3.26.